The van der Waals surface area contributed by atoms with Gasteiger partial charge < -0.3 is 19.1 Å². The second-order valence-corrected chi connectivity index (χ2v) is 12.8. The van der Waals surface area contributed by atoms with E-state index in [1.807, 2.05) is 43.0 Å². The maximum atomic E-state index is 14.2. The molecule has 0 spiro atoms. The lowest BCUT2D eigenvalue weighted by Gasteiger charge is -2.26. The Morgan fingerprint density at radius 1 is 1.00 bits per heavy atom. The molecule has 0 N–H and O–H groups in total. The quantitative estimate of drug-likeness (QED) is 0.254. The van der Waals surface area contributed by atoms with Crippen LogP contribution in [0.1, 0.15) is 89.0 Å². The maximum absolute atomic E-state index is 14.2. The van der Waals surface area contributed by atoms with Crippen LogP contribution in [0.15, 0.2) is 63.5 Å². The normalized spacial score (nSPS) is 16.4. The molecule has 2 aromatic carbocycles. The maximum Gasteiger partial charge on any atom is 0.338 e. The number of allylic oxidation sites excluding steroid dienone is 1. The summed E-state index contributed by atoms with van der Waals surface area (Å²) in [6.45, 7) is 12.1. The molecule has 5 rings (SSSR count). The highest BCUT2D eigenvalue weighted by atomic mass is 32.1. The number of thiazole rings is 1. The summed E-state index contributed by atoms with van der Waals surface area (Å²) in [6.07, 6.45) is 5.21. The number of likely N-dealkylation sites (tertiary alicyclic amines) is 1. The van der Waals surface area contributed by atoms with Gasteiger partial charge in [-0.1, -0.05) is 68.9 Å². The molecule has 1 aromatic heterocycles. The molecule has 244 valence electrons. The number of amides is 1. The third-order valence-corrected chi connectivity index (χ3v) is 9.17. The summed E-state index contributed by atoms with van der Waals surface area (Å²) in [5, 5.41) is 0. The number of aromatic nitrogens is 1. The molecule has 1 amide bonds. The lowest BCUT2D eigenvalue weighted by atomic mass is 9.92. The van der Waals surface area contributed by atoms with E-state index in [0.29, 0.717) is 51.0 Å². The molecule has 3 heterocycles. The highest BCUT2D eigenvalue weighted by Crippen LogP contribution is 2.33. The fourth-order valence-corrected chi connectivity index (χ4v) is 6.87. The van der Waals surface area contributed by atoms with E-state index in [9.17, 15) is 14.4 Å². The van der Waals surface area contributed by atoms with Gasteiger partial charge in [0.05, 0.1) is 35.1 Å². The van der Waals surface area contributed by atoms with Crippen molar-refractivity contribution in [3.05, 3.63) is 90.1 Å². The van der Waals surface area contributed by atoms with Crippen LogP contribution in [0.3, 0.4) is 0 Å². The fourth-order valence-electron chi connectivity index (χ4n) is 5.85. The summed E-state index contributed by atoms with van der Waals surface area (Å²) in [4.78, 5) is 47.4. The van der Waals surface area contributed by atoms with Gasteiger partial charge in [0.2, 0.25) is 0 Å². The molecule has 2 aliphatic heterocycles. The van der Waals surface area contributed by atoms with E-state index in [2.05, 4.69) is 26.0 Å². The van der Waals surface area contributed by atoms with E-state index in [4.69, 9.17) is 19.2 Å². The fraction of sp³-hybridized carbons (Fsp3) is 0.444. The van der Waals surface area contributed by atoms with Gasteiger partial charge in [0.15, 0.2) is 22.9 Å². The molecule has 0 bridgehead atoms. The minimum atomic E-state index is -0.664. The first kappa shape index (κ1) is 33.2. The Bertz CT molecular complexity index is 1780. The van der Waals surface area contributed by atoms with Crippen LogP contribution in [-0.2, 0) is 14.3 Å². The zero-order valence-corrected chi connectivity index (χ0v) is 28.2. The second-order valence-electron chi connectivity index (χ2n) is 11.8. The number of carbonyl (C=O) groups excluding carboxylic acids is 2. The predicted octanol–water partition coefficient (Wildman–Crippen LogP) is 5.10. The van der Waals surface area contributed by atoms with E-state index < -0.39 is 12.0 Å². The van der Waals surface area contributed by atoms with E-state index in [0.717, 1.165) is 43.5 Å². The largest absolute Gasteiger partial charge is 0.490 e. The second kappa shape index (κ2) is 14.9. The smallest absolute Gasteiger partial charge is 0.338 e. The number of hydrogen-bond acceptors (Lipinski definition) is 8. The van der Waals surface area contributed by atoms with Gasteiger partial charge in [-0.15, -0.1) is 0 Å². The van der Waals surface area contributed by atoms with Crippen molar-refractivity contribution in [3.63, 3.8) is 0 Å². The van der Waals surface area contributed by atoms with E-state index in [1.165, 1.54) is 16.9 Å². The van der Waals surface area contributed by atoms with Crippen molar-refractivity contribution in [3.8, 4) is 11.5 Å². The Morgan fingerprint density at radius 2 is 1.74 bits per heavy atom. The molecular weight excluding hydrogens is 602 g/mol. The van der Waals surface area contributed by atoms with Crippen molar-refractivity contribution < 1.29 is 23.8 Å². The van der Waals surface area contributed by atoms with E-state index in [-0.39, 0.29) is 24.7 Å². The zero-order valence-electron chi connectivity index (χ0n) is 27.3. The number of benzene rings is 2. The average Bonchev–Trinajstić information content (AvgIpc) is 3.69. The summed E-state index contributed by atoms with van der Waals surface area (Å²) in [5.74, 6) is 0.818. The van der Waals surface area contributed by atoms with Crippen LogP contribution in [0, 0.1) is 0 Å². The van der Waals surface area contributed by atoms with Gasteiger partial charge in [0, 0.05) is 13.1 Å². The molecule has 1 atom stereocenters. The monoisotopic (exact) mass is 645 g/mol. The number of hydrogen-bond donors (Lipinski definition) is 0. The number of rotatable bonds is 12. The minimum Gasteiger partial charge on any atom is -0.490 e. The Kier molecular flexibility index (Phi) is 10.8. The number of nitrogens with zero attached hydrogens (tertiary/aromatic N) is 3. The molecule has 9 nitrogen and oxygen atoms in total. The molecule has 10 heteroatoms. The molecule has 3 aromatic rings. The van der Waals surface area contributed by atoms with Crippen molar-refractivity contribution in [2.45, 2.75) is 72.3 Å². The third kappa shape index (κ3) is 7.12. The molecule has 2 aliphatic rings. The van der Waals surface area contributed by atoms with Crippen LogP contribution in [0.25, 0.3) is 6.08 Å². The molecular formula is C36H43N3O6S. The molecule has 1 fully saturated rings. The summed E-state index contributed by atoms with van der Waals surface area (Å²) >= 11 is 1.29. The van der Waals surface area contributed by atoms with Gasteiger partial charge in [-0.05, 0) is 73.9 Å². The number of esters is 1. The third-order valence-electron chi connectivity index (χ3n) is 8.19. The van der Waals surface area contributed by atoms with Crippen molar-refractivity contribution in [1.82, 2.24) is 9.47 Å². The van der Waals surface area contributed by atoms with Crippen LogP contribution in [0.5, 0.6) is 11.5 Å². The van der Waals surface area contributed by atoms with Gasteiger partial charge in [-0.3, -0.25) is 14.2 Å². The SMILES string of the molecule is CCCC1=C(C(=O)OCC)[C@@H](c2ccc(C(C)C)cc2)n2c(s/c(=C/c3ccc(OCC(=O)N4CCCC4)c(OCC)c3)c2=O)=N1. The summed E-state index contributed by atoms with van der Waals surface area (Å²) < 4.78 is 19.4. The molecule has 0 saturated carbocycles. The van der Waals surface area contributed by atoms with Crippen molar-refractivity contribution in [1.29, 1.82) is 0 Å². The number of carbonyl (C=O) groups is 2. The van der Waals surface area contributed by atoms with Gasteiger partial charge in [0.25, 0.3) is 11.5 Å². The Balaban J connectivity index is 1.56. The van der Waals surface area contributed by atoms with Gasteiger partial charge >= 0.3 is 5.97 Å². The molecule has 0 aliphatic carbocycles. The topological polar surface area (TPSA) is 99.4 Å². The summed E-state index contributed by atoms with van der Waals surface area (Å²) in [5.41, 5.74) is 3.55. The van der Waals surface area contributed by atoms with Gasteiger partial charge in [0.1, 0.15) is 0 Å². The number of ether oxygens (including phenoxy) is 3. The Labute approximate surface area is 273 Å². The van der Waals surface area contributed by atoms with Crippen molar-refractivity contribution in [2.24, 2.45) is 4.99 Å². The Hall–Kier alpha value is -4.18. The van der Waals surface area contributed by atoms with Crippen molar-refractivity contribution in [2.75, 3.05) is 32.9 Å². The highest BCUT2D eigenvalue weighted by Gasteiger charge is 2.34. The predicted molar refractivity (Wildman–Crippen MR) is 179 cm³/mol. The van der Waals surface area contributed by atoms with Gasteiger partial charge in [-0.2, -0.15) is 0 Å². The first-order chi connectivity index (χ1) is 22.2. The van der Waals surface area contributed by atoms with E-state index in [1.54, 1.807) is 23.6 Å². The Morgan fingerprint density at radius 3 is 2.39 bits per heavy atom. The molecule has 0 radical (unpaired) electrons. The molecule has 0 unspecified atom stereocenters. The molecule has 46 heavy (non-hydrogen) atoms. The van der Waals surface area contributed by atoms with Crippen LogP contribution in [-0.4, -0.2) is 54.3 Å². The van der Waals surface area contributed by atoms with E-state index >= 15 is 0 Å². The lowest BCUT2D eigenvalue weighted by Crippen LogP contribution is -2.40. The lowest BCUT2D eigenvalue weighted by molar-refractivity contribution is -0.139. The van der Waals surface area contributed by atoms with Crippen LogP contribution in [0.2, 0.25) is 0 Å². The van der Waals surface area contributed by atoms with Crippen molar-refractivity contribution >= 4 is 29.3 Å². The highest BCUT2D eigenvalue weighted by molar-refractivity contribution is 7.07. The summed E-state index contributed by atoms with van der Waals surface area (Å²) in [7, 11) is 0. The average molecular weight is 646 g/mol. The first-order valence-electron chi connectivity index (χ1n) is 16.2. The molecule has 1 saturated heterocycles. The first-order valence-corrected chi connectivity index (χ1v) is 17.1. The van der Waals surface area contributed by atoms with Crippen LogP contribution >= 0.6 is 11.3 Å². The zero-order chi connectivity index (χ0) is 32.8. The number of fused-ring (bicyclic) bond motifs is 1. The van der Waals surface area contributed by atoms with Crippen LogP contribution in [0.4, 0.5) is 0 Å². The minimum absolute atomic E-state index is 0.0387. The summed E-state index contributed by atoms with van der Waals surface area (Å²) in [6, 6.07) is 12.8. The van der Waals surface area contributed by atoms with Gasteiger partial charge in [-0.25, -0.2) is 9.79 Å². The van der Waals surface area contributed by atoms with Crippen LogP contribution < -0.4 is 24.4 Å². The standard InChI is InChI=1S/C36H43N3O6S/c1-6-11-27-32(35(42)44-8-3)33(26-15-13-25(14-16-26)23(4)5)39-34(41)30(46-36(39)37-27)21-24-12-17-28(29(20-24)43-7-2)45-22-31(40)38-18-9-10-19-38/h12-17,20-21,23,33H,6-11,18-19,22H2,1-5H3/b30-21+/t33-/m1/s1.